The number of alkyl halides is 3. The molecule has 0 fully saturated rings. The van der Waals surface area contributed by atoms with Gasteiger partial charge in [0.2, 0.25) is 11.8 Å². The van der Waals surface area contributed by atoms with Gasteiger partial charge in [0.25, 0.3) is 0 Å². The van der Waals surface area contributed by atoms with E-state index in [0.717, 1.165) is 28.9 Å². The molecule has 2 aromatic carbocycles. The zero-order valence-electron chi connectivity index (χ0n) is 15.4. The number of aryl methyl sites for hydroxylation is 1. The third-order valence-electron chi connectivity index (χ3n) is 4.31. The van der Waals surface area contributed by atoms with Crippen molar-refractivity contribution in [3.63, 3.8) is 0 Å². The van der Waals surface area contributed by atoms with Crippen LogP contribution in [0.2, 0.25) is 0 Å². The number of amides is 2. The number of benzene rings is 2. The normalized spacial score (nSPS) is 11.2. The van der Waals surface area contributed by atoms with Gasteiger partial charge in [-0.15, -0.1) is 0 Å². The first-order valence-corrected chi connectivity index (χ1v) is 8.41. The predicted molar refractivity (Wildman–Crippen MR) is 98.6 cm³/mol. The number of hydrogen-bond acceptors (Lipinski definition) is 2. The molecule has 0 saturated heterocycles. The highest BCUT2D eigenvalue weighted by atomic mass is 19.4. The van der Waals surface area contributed by atoms with E-state index in [0.29, 0.717) is 0 Å². The maximum atomic E-state index is 12.6. The van der Waals surface area contributed by atoms with E-state index in [2.05, 4.69) is 5.32 Å². The molecule has 0 bridgehead atoms. The van der Waals surface area contributed by atoms with Crippen molar-refractivity contribution in [1.29, 1.82) is 0 Å². The molecule has 27 heavy (non-hydrogen) atoms. The van der Waals surface area contributed by atoms with E-state index in [1.54, 1.807) is 0 Å². The van der Waals surface area contributed by atoms with Crippen LogP contribution in [-0.4, -0.2) is 18.4 Å². The molecule has 0 aliphatic heterocycles. The van der Waals surface area contributed by atoms with Gasteiger partial charge in [-0.2, -0.15) is 13.2 Å². The van der Waals surface area contributed by atoms with E-state index in [-0.39, 0.29) is 30.5 Å². The van der Waals surface area contributed by atoms with Crippen molar-refractivity contribution in [2.45, 2.75) is 33.4 Å². The van der Waals surface area contributed by atoms with E-state index >= 15 is 0 Å². The molecular formula is C20H21F3N2O2. The minimum absolute atomic E-state index is 0.0218. The lowest BCUT2D eigenvalue weighted by Gasteiger charge is -2.23. The van der Waals surface area contributed by atoms with Crippen molar-refractivity contribution < 1.29 is 22.8 Å². The number of anilines is 2. The van der Waals surface area contributed by atoms with E-state index in [1.807, 2.05) is 32.0 Å². The summed E-state index contributed by atoms with van der Waals surface area (Å²) in [5, 5.41) is 2.55. The fourth-order valence-electron chi connectivity index (χ4n) is 2.65. The molecule has 2 amide bonds. The number of rotatable bonds is 5. The molecule has 0 spiro atoms. The summed E-state index contributed by atoms with van der Waals surface area (Å²) in [4.78, 5) is 25.7. The van der Waals surface area contributed by atoms with Crippen LogP contribution >= 0.6 is 0 Å². The summed E-state index contributed by atoms with van der Waals surface area (Å²) < 4.78 is 37.7. The number of halogens is 3. The fourth-order valence-corrected chi connectivity index (χ4v) is 2.65. The highest BCUT2D eigenvalue weighted by Crippen LogP contribution is 2.30. The summed E-state index contributed by atoms with van der Waals surface area (Å²) in [5.74, 6) is -0.572. The summed E-state index contributed by atoms with van der Waals surface area (Å²) in [7, 11) is 0. The first-order valence-electron chi connectivity index (χ1n) is 8.41. The Labute approximate surface area is 156 Å². The minimum Gasteiger partial charge on any atom is -0.326 e. The van der Waals surface area contributed by atoms with Gasteiger partial charge in [-0.25, -0.2) is 0 Å². The lowest BCUT2D eigenvalue weighted by molar-refractivity contribution is -0.137. The number of carbonyl (C=O) groups excluding carboxylic acids is 2. The molecule has 0 heterocycles. The zero-order valence-corrected chi connectivity index (χ0v) is 15.4. The Morgan fingerprint density at radius 1 is 1.04 bits per heavy atom. The van der Waals surface area contributed by atoms with Gasteiger partial charge < -0.3 is 10.2 Å². The van der Waals surface area contributed by atoms with E-state index < -0.39 is 11.7 Å². The average Bonchev–Trinajstić information content (AvgIpc) is 2.58. The van der Waals surface area contributed by atoms with Gasteiger partial charge in [0, 0.05) is 31.3 Å². The molecule has 0 atom stereocenters. The van der Waals surface area contributed by atoms with Crippen LogP contribution in [0.15, 0.2) is 42.5 Å². The largest absolute Gasteiger partial charge is 0.416 e. The van der Waals surface area contributed by atoms with Crippen LogP contribution < -0.4 is 10.2 Å². The number of hydrogen-bond donors (Lipinski definition) is 1. The second-order valence-electron chi connectivity index (χ2n) is 6.26. The topological polar surface area (TPSA) is 49.4 Å². The lowest BCUT2D eigenvalue weighted by Crippen LogP contribution is -2.32. The smallest absolute Gasteiger partial charge is 0.326 e. The second-order valence-corrected chi connectivity index (χ2v) is 6.26. The van der Waals surface area contributed by atoms with Gasteiger partial charge in [0.1, 0.15) is 0 Å². The molecule has 2 aromatic rings. The van der Waals surface area contributed by atoms with Gasteiger partial charge >= 0.3 is 6.18 Å². The monoisotopic (exact) mass is 378 g/mol. The molecule has 0 aliphatic rings. The molecule has 1 N–H and O–H groups in total. The Hall–Kier alpha value is -2.83. The first kappa shape index (κ1) is 20.5. The molecule has 4 nitrogen and oxygen atoms in total. The molecule has 0 unspecified atom stereocenters. The standard InChI is InChI=1S/C20H21F3N2O2/c1-13-5-4-6-18(14(13)2)25(15(3)26)12-11-19(27)24-17-9-7-16(8-10-17)20(21,22)23/h4-10H,11-12H2,1-3H3,(H,24,27). The summed E-state index contributed by atoms with van der Waals surface area (Å²) in [6.45, 7) is 5.44. The zero-order chi connectivity index (χ0) is 20.2. The number of nitrogens with zero attached hydrogens (tertiary/aromatic N) is 1. The molecule has 144 valence electrons. The van der Waals surface area contributed by atoms with Crippen molar-refractivity contribution in [3.8, 4) is 0 Å². The number of nitrogens with one attached hydrogen (secondary N) is 1. The van der Waals surface area contributed by atoms with Crippen LogP contribution in [0.3, 0.4) is 0 Å². The minimum atomic E-state index is -4.42. The molecular weight excluding hydrogens is 357 g/mol. The van der Waals surface area contributed by atoms with Gasteiger partial charge in [-0.3, -0.25) is 9.59 Å². The second kappa shape index (κ2) is 8.24. The highest BCUT2D eigenvalue weighted by molar-refractivity contribution is 5.95. The Bertz CT molecular complexity index is 830. The van der Waals surface area contributed by atoms with Crippen LogP contribution in [0.1, 0.15) is 30.0 Å². The maximum absolute atomic E-state index is 12.6. The van der Waals surface area contributed by atoms with Crippen LogP contribution in [0.5, 0.6) is 0 Å². The van der Waals surface area contributed by atoms with Crippen LogP contribution in [0.4, 0.5) is 24.5 Å². The van der Waals surface area contributed by atoms with Crippen molar-refractivity contribution in [3.05, 3.63) is 59.2 Å². The quantitative estimate of drug-likeness (QED) is 0.820. The summed E-state index contributed by atoms with van der Waals surface area (Å²) in [6.07, 6.45) is -4.40. The Morgan fingerprint density at radius 3 is 2.22 bits per heavy atom. The molecule has 0 radical (unpaired) electrons. The van der Waals surface area contributed by atoms with Crippen LogP contribution in [-0.2, 0) is 15.8 Å². The Morgan fingerprint density at radius 2 is 1.67 bits per heavy atom. The molecule has 0 saturated carbocycles. The van der Waals surface area contributed by atoms with Crippen LogP contribution in [0, 0.1) is 13.8 Å². The highest BCUT2D eigenvalue weighted by Gasteiger charge is 2.30. The predicted octanol–water partition coefficient (Wildman–Crippen LogP) is 4.70. The summed E-state index contributed by atoms with van der Waals surface area (Å²) in [6, 6.07) is 9.82. The van der Waals surface area contributed by atoms with Crippen molar-refractivity contribution in [2.75, 3.05) is 16.8 Å². The van der Waals surface area contributed by atoms with Crippen molar-refractivity contribution >= 4 is 23.2 Å². The maximum Gasteiger partial charge on any atom is 0.416 e. The van der Waals surface area contributed by atoms with Gasteiger partial charge in [0.05, 0.1) is 5.56 Å². The molecule has 2 rings (SSSR count). The van der Waals surface area contributed by atoms with Gasteiger partial charge in [-0.1, -0.05) is 12.1 Å². The molecule has 7 heteroatoms. The molecule has 0 aliphatic carbocycles. The molecule has 0 aromatic heterocycles. The fraction of sp³-hybridized carbons (Fsp3) is 0.300. The lowest BCUT2D eigenvalue weighted by atomic mass is 10.1. The van der Waals surface area contributed by atoms with E-state index in [9.17, 15) is 22.8 Å². The first-order chi connectivity index (χ1) is 12.6. The Balaban J connectivity index is 2.02. The van der Waals surface area contributed by atoms with E-state index in [4.69, 9.17) is 0 Å². The van der Waals surface area contributed by atoms with Gasteiger partial charge in [0.15, 0.2) is 0 Å². The third kappa shape index (κ3) is 5.32. The van der Waals surface area contributed by atoms with E-state index in [1.165, 1.54) is 24.0 Å². The Kier molecular flexibility index (Phi) is 6.25. The van der Waals surface area contributed by atoms with Crippen molar-refractivity contribution in [2.24, 2.45) is 0 Å². The summed E-state index contributed by atoms with van der Waals surface area (Å²) >= 11 is 0. The van der Waals surface area contributed by atoms with Crippen LogP contribution in [0.25, 0.3) is 0 Å². The average molecular weight is 378 g/mol. The van der Waals surface area contributed by atoms with Crippen molar-refractivity contribution in [1.82, 2.24) is 0 Å². The van der Waals surface area contributed by atoms with Gasteiger partial charge in [-0.05, 0) is 55.3 Å². The summed E-state index contributed by atoms with van der Waals surface area (Å²) in [5.41, 5.74) is 2.22. The third-order valence-corrected chi connectivity index (χ3v) is 4.31. The SMILES string of the molecule is CC(=O)N(CCC(=O)Nc1ccc(C(F)(F)F)cc1)c1cccc(C)c1C. The number of carbonyl (C=O) groups is 2.